The van der Waals surface area contributed by atoms with Crippen LogP contribution in [0.5, 0.6) is 0 Å². The van der Waals surface area contributed by atoms with Crippen molar-refractivity contribution in [3.05, 3.63) is 200 Å². The quantitative estimate of drug-likeness (QED) is 0.169. The third-order valence-corrected chi connectivity index (χ3v) is 11.4. The second kappa shape index (κ2) is 12.7. The van der Waals surface area contributed by atoms with E-state index in [1.54, 1.807) is 0 Å². The number of fused-ring (bicyclic) bond motifs is 5. The monoisotopic (exact) mass is 679 g/mol. The summed E-state index contributed by atoms with van der Waals surface area (Å²) in [5.74, 6) is 0. The highest BCUT2D eigenvalue weighted by atomic mass is 32.1. The molecule has 0 fully saturated rings. The number of hydrogen-bond acceptors (Lipinski definition) is 2. The van der Waals surface area contributed by atoms with Crippen molar-refractivity contribution in [2.24, 2.45) is 0 Å². The Kier molecular flexibility index (Phi) is 7.41. The highest BCUT2D eigenvalue weighted by Crippen LogP contribution is 2.45. The smallest absolute Gasteiger partial charge is 0.0554 e. The van der Waals surface area contributed by atoms with Crippen LogP contribution in [0, 0.1) is 0 Å². The molecular weight excluding hydrogens is 647 g/mol. The van der Waals surface area contributed by atoms with Crippen LogP contribution in [-0.4, -0.2) is 0 Å². The second-order valence-corrected chi connectivity index (χ2v) is 14.4. The van der Waals surface area contributed by atoms with Crippen molar-refractivity contribution in [3.8, 4) is 33.4 Å². The lowest BCUT2D eigenvalue weighted by atomic mass is 9.97. The Morgan fingerprint density at radius 2 is 0.885 bits per heavy atom. The van der Waals surface area contributed by atoms with Crippen LogP contribution in [0.2, 0.25) is 0 Å². The molecule has 0 unspecified atom stereocenters. The first kappa shape index (κ1) is 30.4. The molecule has 10 rings (SSSR count). The van der Waals surface area contributed by atoms with Gasteiger partial charge >= 0.3 is 0 Å². The van der Waals surface area contributed by atoms with Crippen LogP contribution in [0.3, 0.4) is 0 Å². The van der Waals surface area contributed by atoms with Crippen molar-refractivity contribution in [1.82, 2.24) is 0 Å². The molecule has 2 heteroatoms. The normalized spacial score (nSPS) is 11.5. The van der Waals surface area contributed by atoms with E-state index < -0.39 is 0 Å². The maximum atomic E-state index is 2.42. The maximum Gasteiger partial charge on any atom is 0.0554 e. The topological polar surface area (TPSA) is 3.24 Å². The molecular formula is C50H33NS. The summed E-state index contributed by atoms with van der Waals surface area (Å²) < 4.78 is 2.59. The summed E-state index contributed by atoms with van der Waals surface area (Å²) >= 11 is 1.86. The molecule has 0 aliphatic carbocycles. The molecule has 0 N–H and O–H groups in total. The highest BCUT2D eigenvalue weighted by molar-refractivity contribution is 7.26. The number of rotatable bonds is 6. The Morgan fingerprint density at radius 1 is 0.327 bits per heavy atom. The molecule has 1 nitrogen and oxygen atoms in total. The Bertz CT molecular complexity index is 2880. The van der Waals surface area contributed by atoms with Gasteiger partial charge in [-0.05, 0) is 110 Å². The molecule has 0 saturated carbocycles. The Balaban J connectivity index is 1.08. The van der Waals surface area contributed by atoms with Gasteiger partial charge in [0.1, 0.15) is 0 Å². The molecule has 10 aromatic rings. The van der Waals surface area contributed by atoms with Gasteiger partial charge in [-0.15, -0.1) is 11.3 Å². The van der Waals surface area contributed by atoms with E-state index in [-0.39, 0.29) is 0 Å². The molecule has 0 spiro atoms. The highest BCUT2D eigenvalue weighted by Gasteiger charge is 2.19. The van der Waals surface area contributed by atoms with Crippen molar-refractivity contribution >= 4 is 70.1 Å². The van der Waals surface area contributed by atoms with Crippen LogP contribution in [0.4, 0.5) is 17.1 Å². The summed E-state index contributed by atoms with van der Waals surface area (Å²) in [5.41, 5.74) is 10.8. The van der Waals surface area contributed by atoms with Gasteiger partial charge in [-0.1, -0.05) is 146 Å². The van der Waals surface area contributed by atoms with Gasteiger partial charge in [0, 0.05) is 31.5 Å². The van der Waals surface area contributed by atoms with E-state index in [2.05, 4.69) is 205 Å². The van der Waals surface area contributed by atoms with Gasteiger partial charge in [-0.2, -0.15) is 0 Å². The van der Waals surface area contributed by atoms with Crippen molar-refractivity contribution in [2.75, 3.05) is 4.90 Å². The van der Waals surface area contributed by atoms with Gasteiger partial charge in [-0.25, -0.2) is 0 Å². The van der Waals surface area contributed by atoms with E-state index in [1.165, 1.54) is 80.8 Å². The first-order valence-electron chi connectivity index (χ1n) is 17.8. The fraction of sp³-hybridized carbons (Fsp3) is 0. The number of thiophene rings is 1. The van der Waals surface area contributed by atoms with Crippen LogP contribution in [0.1, 0.15) is 0 Å². The zero-order valence-electron chi connectivity index (χ0n) is 28.4. The summed E-state index contributed by atoms with van der Waals surface area (Å²) in [6, 6.07) is 73.0. The largest absolute Gasteiger partial charge is 0.310 e. The number of hydrogen-bond donors (Lipinski definition) is 0. The van der Waals surface area contributed by atoms with Gasteiger partial charge in [-0.3, -0.25) is 0 Å². The molecule has 244 valence electrons. The van der Waals surface area contributed by atoms with E-state index in [0.717, 1.165) is 11.4 Å². The van der Waals surface area contributed by atoms with E-state index in [0.29, 0.717) is 0 Å². The molecule has 0 atom stereocenters. The zero-order valence-corrected chi connectivity index (χ0v) is 29.2. The minimum absolute atomic E-state index is 1.12. The van der Waals surface area contributed by atoms with Crippen LogP contribution in [0.15, 0.2) is 200 Å². The van der Waals surface area contributed by atoms with Crippen molar-refractivity contribution < 1.29 is 0 Å². The van der Waals surface area contributed by atoms with E-state index in [9.17, 15) is 0 Å². The van der Waals surface area contributed by atoms with Gasteiger partial charge in [0.15, 0.2) is 0 Å². The third kappa shape index (κ3) is 5.33. The Hall–Kier alpha value is -6.48. The number of benzene rings is 9. The Morgan fingerprint density at radius 3 is 1.63 bits per heavy atom. The fourth-order valence-corrected chi connectivity index (χ4v) is 8.80. The predicted octanol–water partition coefficient (Wildman–Crippen LogP) is 14.8. The first-order chi connectivity index (χ1) is 25.8. The van der Waals surface area contributed by atoms with Crippen molar-refractivity contribution in [2.45, 2.75) is 0 Å². The molecule has 52 heavy (non-hydrogen) atoms. The molecule has 1 aromatic heterocycles. The standard InChI is InChI=1S/C50H33NS/c1-2-10-34(11-3-1)39-22-20-36-21-23-40(33-41(36)32-39)35-24-28-42(29-25-35)51(47-17-9-19-49-50(47)46-15-6-7-18-48(46)52-49)43-30-26-38(27-31-43)45-16-8-13-37-12-4-5-14-44(37)45/h1-33H. The van der Waals surface area contributed by atoms with Crippen LogP contribution >= 0.6 is 11.3 Å². The van der Waals surface area contributed by atoms with Gasteiger partial charge in [0.25, 0.3) is 0 Å². The van der Waals surface area contributed by atoms with Crippen LogP contribution in [-0.2, 0) is 0 Å². The zero-order chi connectivity index (χ0) is 34.4. The molecule has 0 bridgehead atoms. The predicted molar refractivity (Wildman–Crippen MR) is 225 cm³/mol. The fourth-order valence-electron chi connectivity index (χ4n) is 7.68. The number of anilines is 3. The molecule has 0 amide bonds. The van der Waals surface area contributed by atoms with E-state index in [4.69, 9.17) is 0 Å². The Labute approximate surface area is 307 Å². The van der Waals surface area contributed by atoms with Crippen molar-refractivity contribution in [1.29, 1.82) is 0 Å². The van der Waals surface area contributed by atoms with E-state index in [1.807, 2.05) is 11.3 Å². The maximum absolute atomic E-state index is 2.42. The average Bonchev–Trinajstić information content (AvgIpc) is 3.61. The summed E-state index contributed by atoms with van der Waals surface area (Å²) in [5, 5.41) is 7.59. The first-order valence-corrected chi connectivity index (χ1v) is 18.6. The van der Waals surface area contributed by atoms with Gasteiger partial charge in [0.05, 0.1) is 5.69 Å². The van der Waals surface area contributed by atoms with Crippen LogP contribution in [0.25, 0.3) is 75.1 Å². The summed E-state index contributed by atoms with van der Waals surface area (Å²) in [7, 11) is 0. The SMILES string of the molecule is c1ccc(-c2ccc3ccc(-c4ccc(N(c5ccc(-c6cccc7ccccc67)cc5)c5cccc6sc7ccccc7c56)cc4)cc3c2)cc1. The third-order valence-electron chi connectivity index (χ3n) is 10.3. The minimum atomic E-state index is 1.12. The lowest BCUT2D eigenvalue weighted by Crippen LogP contribution is -2.10. The molecule has 0 saturated heterocycles. The van der Waals surface area contributed by atoms with Gasteiger partial charge < -0.3 is 4.90 Å². The lowest BCUT2D eigenvalue weighted by Gasteiger charge is -2.27. The lowest BCUT2D eigenvalue weighted by molar-refractivity contribution is 1.30. The van der Waals surface area contributed by atoms with Gasteiger partial charge in [0.2, 0.25) is 0 Å². The van der Waals surface area contributed by atoms with Crippen molar-refractivity contribution in [3.63, 3.8) is 0 Å². The number of nitrogens with zero attached hydrogens (tertiary/aromatic N) is 1. The molecule has 0 aliphatic rings. The molecule has 0 aliphatic heterocycles. The van der Waals surface area contributed by atoms with Crippen LogP contribution < -0.4 is 4.90 Å². The summed E-state index contributed by atoms with van der Waals surface area (Å²) in [6.45, 7) is 0. The minimum Gasteiger partial charge on any atom is -0.310 e. The molecule has 0 radical (unpaired) electrons. The van der Waals surface area contributed by atoms with E-state index >= 15 is 0 Å². The average molecular weight is 680 g/mol. The molecule has 9 aromatic carbocycles. The summed E-state index contributed by atoms with van der Waals surface area (Å²) in [4.78, 5) is 2.42. The summed E-state index contributed by atoms with van der Waals surface area (Å²) in [6.07, 6.45) is 0. The second-order valence-electron chi connectivity index (χ2n) is 13.3. The molecule has 1 heterocycles.